The topological polar surface area (TPSA) is 96.0 Å². The molecule has 214 valence electrons. The lowest BCUT2D eigenvalue weighted by atomic mass is 10.1. The molecule has 3 rings (SSSR count). The van der Waals surface area contributed by atoms with E-state index in [9.17, 15) is 18.0 Å². The van der Waals surface area contributed by atoms with Crippen LogP contribution in [0.15, 0.2) is 77.7 Å². The zero-order chi connectivity index (χ0) is 29.4. The number of ether oxygens (including phenoxy) is 1. The van der Waals surface area contributed by atoms with Gasteiger partial charge in [0.1, 0.15) is 18.3 Å². The van der Waals surface area contributed by atoms with E-state index in [0.29, 0.717) is 12.3 Å². The highest BCUT2D eigenvalue weighted by molar-refractivity contribution is 7.92. The SMILES string of the molecule is COc1ccc(CN(C(=O)CN(c2cccc(Cl)c2Cl)S(=O)(=O)c2ccccc2)[C@@H](C)C(=O)NCC(C)C)cc1. The van der Waals surface area contributed by atoms with Crippen LogP contribution in [0, 0.1) is 5.92 Å². The highest BCUT2D eigenvalue weighted by Crippen LogP contribution is 2.35. The van der Waals surface area contributed by atoms with Crippen molar-refractivity contribution in [2.75, 3.05) is 24.5 Å². The van der Waals surface area contributed by atoms with E-state index in [1.165, 1.54) is 29.2 Å². The highest BCUT2D eigenvalue weighted by atomic mass is 35.5. The molecular formula is C29H33Cl2N3O5S. The van der Waals surface area contributed by atoms with Crippen LogP contribution in [0.5, 0.6) is 5.75 Å². The minimum atomic E-state index is -4.25. The molecular weight excluding hydrogens is 573 g/mol. The first-order chi connectivity index (χ1) is 18.9. The van der Waals surface area contributed by atoms with E-state index in [1.54, 1.807) is 62.6 Å². The second-order valence-electron chi connectivity index (χ2n) is 9.58. The quantitative estimate of drug-likeness (QED) is 0.299. The molecule has 3 aromatic carbocycles. The number of benzene rings is 3. The van der Waals surface area contributed by atoms with E-state index in [4.69, 9.17) is 27.9 Å². The molecule has 0 aromatic heterocycles. The van der Waals surface area contributed by atoms with Gasteiger partial charge in [-0.15, -0.1) is 0 Å². The predicted molar refractivity (Wildman–Crippen MR) is 158 cm³/mol. The third kappa shape index (κ3) is 7.68. The zero-order valence-corrected chi connectivity index (χ0v) is 25.1. The maximum Gasteiger partial charge on any atom is 0.264 e. The summed E-state index contributed by atoms with van der Waals surface area (Å²) >= 11 is 12.7. The van der Waals surface area contributed by atoms with Gasteiger partial charge < -0.3 is 15.0 Å². The van der Waals surface area contributed by atoms with Crippen LogP contribution >= 0.6 is 23.2 Å². The van der Waals surface area contributed by atoms with E-state index in [-0.39, 0.29) is 39.0 Å². The average molecular weight is 607 g/mol. The predicted octanol–water partition coefficient (Wildman–Crippen LogP) is 5.39. The number of carbonyl (C=O) groups excluding carboxylic acids is 2. The maximum absolute atomic E-state index is 14.0. The number of sulfonamides is 1. The van der Waals surface area contributed by atoms with Crippen molar-refractivity contribution in [1.82, 2.24) is 10.2 Å². The molecule has 1 N–H and O–H groups in total. The van der Waals surface area contributed by atoms with Gasteiger partial charge in [0.25, 0.3) is 10.0 Å². The fourth-order valence-electron chi connectivity index (χ4n) is 3.88. The standard InChI is InChI=1S/C29H33Cl2N3O5S/c1-20(2)17-32-29(36)21(3)33(18-22-13-15-23(39-4)16-14-22)27(35)19-34(26-12-8-11-25(30)28(26)31)40(37,38)24-9-6-5-7-10-24/h5-16,20-21H,17-19H2,1-4H3,(H,32,36)/t21-/m0/s1. The largest absolute Gasteiger partial charge is 0.497 e. The smallest absolute Gasteiger partial charge is 0.264 e. The number of nitrogens with zero attached hydrogens (tertiary/aromatic N) is 2. The average Bonchev–Trinajstić information content (AvgIpc) is 2.95. The number of hydrogen-bond acceptors (Lipinski definition) is 5. The Morgan fingerprint density at radius 1 is 0.925 bits per heavy atom. The Kier molecular flexibility index (Phi) is 10.8. The first kappa shape index (κ1) is 31.3. The number of methoxy groups -OCH3 is 1. The summed E-state index contributed by atoms with van der Waals surface area (Å²) in [6.07, 6.45) is 0. The molecule has 0 aliphatic carbocycles. The van der Waals surface area contributed by atoms with Crippen LogP contribution in [-0.4, -0.2) is 51.4 Å². The number of anilines is 1. The fraction of sp³-hybridized carbons (Fsp3) is 0.310. The van der Waals surface area contributed by atoms with Gasteiger partial charge in [0.15, 0.2) is 0 Å². The van der Waals surface area contributed by atoms with Crippen molar-refractivity contribution in [2.45, 2.75) is 38.3 Å². The van der Waals surface area contributed by atoms with E-state index in [2.05, 4.69) is 5.32 Å². The number of nitrogens with one attached hydrogen (secondary N) is 1. The summed E-state index contributed by atoms with van der Waals surface area (Å²) < 4.78 is 33.8. The monoisotopic (exact) mass is 605 g/mol. The number of rotatable bonds is 12. The molecule has 0 heterocycles. The van der Waals surface area contributed by atoms with Crippen molar-refractivity contribution in [3.63, 3.8) is 0 Å². The molecule has 0 unspecified atom stereocenters. The normalized spacial score (nSPS) is 12.1. The van der Waals surface area contributed by atoms with Crippen LogP contribution in [0.3, 0.4) is 0 Å². The third-order valence-corrected chi connectivity index (χ3v) is 8.76. The molecule has 0 aliphatic rings. The van der Waals surface area contributed by atoms with Gasteiger partial charge in [-0.2, -0.15) is 0 Å². The molecule has 3 aromatic rings. The minimum absolute atomic E-state index is 0.0131. The molecule has 0 radical (unpaired) electrons. The number of hydrogen-bond donors (Lipinski definition) is 1. The van der Waals surface area contributed by atoms with Gasteiger partial charge >= 0.3 is 0 Å². The van der Waals surface area contributed by atoms with Gasteiger partial charge in [0.05, 0.1) is 27.7 Å². The summed E-state index contributed by atoms with van der Waals surface area (Å²) in [6.45, 7) is 5.41. The number of halogens is 2. The maximum atomic E-state index is 14.0. The Hall–Kier alpha value is -3.27. The second-order valence-corrected chi connectivity index (χ2v) is 12.2. The molecule has 0 bridgehead atoms. The van der Waals surface area contributed by atoms with Gasteiger partial charge in [0.2, 0.25) is 11.8 Å². The van der Waals surface area contributed by atoms with Crippen LogP contribution in [0.25, 0.3) is 0 Å². The molecule has 0 saturated carbocycles. The summed E-state index contributed by atoms with van der Waals surface area (Å²) in [6, 6.07) is 18.5. The number of carbonyl (C=O) groups is 2. The minimum Gasteiger partial charge on any atom is -0.497 e. The summed E-state index contributed by atoms with van der Waals surface area (Å²) in [5, 5.41) is 2.98. The van der Waals surface area contributed by atoms with Crippen LogP contribution in [0.2, 0.25) is 10.0 Å². The van der Waals surface area contributed by atoms with E-state index in [0.717, 1.165) is 9.87 Å². The van der Waals surface area contributed by atoms with E-state index < -0.39 is 28.5 Å². The molecule has 0 fully saturated rings. The van der Waals surface area contributed by atoms with Crippen molar-refractivity contribution in [1.29, 1.82) is 0 Å². The summed E-state index contributed by atoms with van der Waals surface area (Å²) in [5.41, 5.74) is 0.781. The molecule has 0 spiro atoms. The second kappa shape index (κ2) is 13.9. The highest BCUT2D eigenvalue weighted by Gasteiger charge is 2.33. The lowest BCUT2D eigenvalue weighted by Gasteiger charge is -2.32. The van der Waals surface area contributed by atoms with E-state index >= 15 is 0 Å². The van der Waals surface area contributed by atoms with Crippen LogP contribution in [0.4, 0.5) is 5.69 Å². The zero-order valence-electron chi connectivity index (χ0n) is 22.8. The Labute approximate surface area is 245 Å². The Balaban J connectivity index is 2.03. The third-order valence-electron chi connectivity index (χ3n) is 6.17. The first-order valence-corrected chi connectivity index (χ1v) is 14.9. The molecule has 0 saturated heterocycles. The Morgan fingerprint density at radius 2 is 1.57 bits per heavy atom. The summed E-state index contributed by atoms with van der Waals surface area (Å²) in [7, 11) is -2.70. The van der Waals surface area contributed by atoms with Crippen molar-refractivity contribution in [2.24, 2.45) is 5.92 Å². The molecule has 1 atom stereocenters. The summed E-state index contributed by atoms with van der Waals surface area (Å²) in [4.78, 5) is 28.3. The van der Waals surface area contributed by atoms with Gasteiger partial charge in [-0.3, -0.25) is 13.9 Å². The van der Waals surface area contributed by atoms with E-state index in [1.807, 2.05) is 13.8 Å². The fourth-order valence-corrected chi connectivity index (χ4v) is 5.78. The van der Waals surface area contributed by atoms with Gasteiger partial charge in [-0.05, 0) is 54.8 Å². The van der Waals surface area contributed by atoms with Crippen LogP contribution in [0.1, 0.15) is 26.3 Å². The van der Waals surface area contributed by atoms with Gasteiger partial charge in [-0.1, -0.05) is 73.4 Å². The molecule has 40 heavy (non-hydrogen) atoms. The summed E-state index contributed by atoms with van der Waals surface area (Å²) in [5.74, 6) is -0.106. The molecule has 11 heteroatoms. The van der Waals surface area contributed by atoms with Crippen molar-refractivity contribution in [3.05, 3.63) is 88.4 Å². The molecule has 0 aliphatic heterocycles. The molecule has 2 amide bonds. The first-order valence-electron chi connectivity index (χ1n) is 12.7. The van der Waals surface area contributed by atoms with Crippen molar-refractivity contribution >= 4 is 50.7 Å². The Morgan fingerprint density at radius 3 is 2.17 bits per heavy atom. The number of amides is 2. The van der Waals surface area contributed by atoms with Gasteiger partial charge in [0, 0.05) is 13.1 Å². The van der Waals surface area contributed by atoms with Crippen molar-refractivity contribution in [3.8, 4) is 5.75 Å². The van der Waals surface area contributed by atoms with Crippen molar-refractivity contribution < 1.29 is 22.7 Å². The molecule has 8 nitrogen and oxygen atoms in total. The van der Waals surface area contributed by atoms with Crippen LogP contribution < -0.4 is 14.4 Å². The van der Waals surface area contributed by atoms with Gasteiger partial charge in [-0.25, -0.2) is 8.42 Å². The lowest BCUT2D eigenvalue weighted by Crippen LogP contribution is -2.51. The van der Waals surface area contributed by atoms with Crippen LogP contribution in [-0.2, 0) is 26.2 Å². The Bertz CT molecular complexity index is 1420. The lowest BCUT2D eigenvalue weighted by molar-refractivity contribution is -0.139.